The molecule has 106 valence electrons. The first kappa shape index (κ1) is 12.2. The third-order valence-electron chi connectivity index (χ3n) is 5.94. The molecule has 2 bridgehead atoms. The molecule has 4 saturated heterocycles. The summed E-state index contributed by atoms with van der Waals surface area (Å²) in [6.07, 6.45) is 6.07. The zero-order valence-electron chi connectivity index (χ0n) is 11.5. The van der Waals surface area contributed by atoms with Gasteiger partial charge in [-0.2, -0.15) is 0 Å². The van der Waals surface area contributed by atoms with Crippen molar-refractivity contribution >= 4 is 5.91 Å². The molecule has 0 aromatic carbocycles. The molecular weight excluding hydrogens is 240 g/mol. The third-order valence-corrected chi connectivity index (χ3v) is 5.94. The number of hydrogen-bond acceptors (Lipinski definition) is 3. The Hall–Kier alpha value is -0.610. The number of fused-ring (bicyclic) bond motifs is 6. The highest BCUT2D eigenvalue weighted by molar-refractivity contribution is 5.77. The second-order valence-electron chi connectivity index (χ2n) is 7.00. The lowest BCUT2D eigenvalue weighted by atomic mass is 9.70. The van der Waals surface area contributed by atoms with E-state index in [-0.39, 0.29) is 6.10 Å². The van der Waals surface area contributed by atoms with Gasteiger partial charge >= 0.3 is 0 Å². The zero-order valence-corrected chi connectivity index (χ0v) is 11.5. The van der Waals surface area contributed by atoms with Gasteiger partial charge in [0, 0.05) is 38.1 Å². The quantitative estimate of drug-likeness (QED) is 0.705. The van der Waals surface area contributed by atoms with Crippen LogP contribution in [0.3, 0.4) is 0 Å². The van der Waals surface area contributed by atoms with E-state index in [0.717, 1.165) is 45.3 Å². The van der Waals surface area contributed by atoms with E-state index in [4.69, 9.17) is 0 Å². The molecule has 0 unspecified atom stereocenters. The first-order valence-corrected chi connectivity index (χ1v) is 7.94. The molecule has 0 radical (unpaired) electrons. The standard InChI is InChI=1S/C15H24N2O2/c18-12-4-5-16-8-10-6-11(14(16)7-12)9-17-13(10)2-1-3-15(17)19/h10-14,18H,1-9H2/t10-,11-,12-,13-,14-/m1/s1. The Bertz CT molecular complexity index is 386. The molecule has 4 nitrogen and oxygen atoms in total. The Labute approximate surface area is 114 Å². The Morgan fingerprint density at radius 3 is 2.79 bits per heavy atom. The van der Waals surface area contributed by atoms with Crippen molar-refractivity contribution in [2.45, 2.75) is 56.7 Å². The van der Waals surface area contributed by atoms with Gasteiger partial charge in [0.25, 0.3) is 0 Å². The highest BCUT2D eigenvalue weighted by Crippen LogP contribution is 2.42. The van der Waals surface area contributed by atoms with Gasteiger partial charge in [-0.05, 0) is 43.9 Å². The number of carbonyl (C=O) groups is 1. The monoisotopic (exact) mass is 264 g/mol. The molecule has 1 amide bonds. The zero-order chi connectivity index (χ0) is 13.0. The SMILES string of the molecule is O=C1CCC[C@@H]2[C@@H]3C[C@H](CN12)[C@H]1C[C@H](O)CCN1C3. The van der Waals surface area contributed by atoms with Crippen LogP contribution in [0.25, 0.3) is 0 Å². The predicted molar refractivity (Wildman–Crippen MR) is 71.6 cm³/mol. The van der Waals surface area contributed by atoms with Crippen molar-refractivity contribution in [3.63, 3.8) is 0 Å². The molecule has 4 heterocycles. The fourth-order valence-corrected chi connectivity index (χ4v) is 5.07. The van der Waals surface area contributed by atoms with E-state index in [9.17, 15) is 9.90 Å². The van der Waals surface area contributed by atoms with Crippen molar-refractivity contribution in [2.24, 2.45) is 11.8 Å². The minimum Gasteiger partial charge on any atom is -0.393 e. The van der Waals surface area contributed by atoms with E-state index in [2.05, 4.69) is 9.80 Å². The summed E-state index contributed by atoms with van der Waals surface area (Å²) in [5.41, 5.74) is 0. The van der Waals surface area contributed by atoms with Gasteiger partial charge in [-0.25, -0.2) is 0 Å². The number of hydrogen-bond donors (Lipinski definition) is 1. The van der Waals surface area contributed by atoms with Gasteiger partial charge < -0.3 is 10.0 Å². The molecule has 0 saturated carbocycles. The van der Waals surface area contributed by atoms with E-state index >= 15 is 0 Å². The van der Waals surface area contributed by atoms with Crippen molar-refractivity contribution in [1.29, 1.82) is 0 Å². The first-order chi connectivity index (χ1) is 9.22. The van der Waals surface area contributed by atoms with Crippen LogP contribution >= 0.6 is 0 Å². The summed E-state index contributed by atoms with van der Waals surface area (Å²) in [7, 11) is 0. The normalized spacial score (nSPS) is 46.7. The van der Waals surface area contributed by atoms with Crippen molar-refractivity contribution in [2.75, 3.05) is 19.6 Å². The van der Waals surface area contributed by atoms with Crippen LogP contribution in [-0.2, 0) is 4.79 Å². The Morgan fingerprint density at radius 1 is 1.05 bits per heavy atom. The molecule has 19 heavy (non-hydrogen) atoms. The van der Waals surface area contributed by atoms with E-state index in [0.29, 0.717) is 29.8 Å². The van der Waals surface area contributed by atoms with Crippen LogP contribution in [-0.4, -0.2) is 58.6 Å². The van der Waals surface area contributed by atoms with Gasteiger partial charge in [0.05, 0.1) is 6.10 Å². The molecule has 4 rings (SSSR count). The van der Waals surface area contributed by atoms with Gasteiger partial charge in [-0.15, -0.1) is 0 Å². The van der Waals surface area contributed by atoms with Crippen LogP contribution in [0.2, 0.25) is 0 Å². The van der Waals surface area contributed by atoms with Gasteiger partial charge in [-0.3, -0.25) is 9.69 Å². The van der Waals surface area contributed by atoms with Crippen molar-refractivity contribution < 1.29 is 9.90 Å². The number of piperidine rings is 4. The molecule has 4 aliphatic rings. The second kappa shape index (κ2) is 4.45. The number of aliphatic hydroxyl groups excluding tert-OH is 1. The molecule has 4 aliphatic heterocycles. The number of aliphatic hydroxyl groups is 1. The largest absolute Gasteiger partial charge is 0.393 e. The summed E-state index contributed by atoms with van der Waals surface area (Å²) < 4.78 is 0. The molecule has 4 heteroatoms. The smallest absolute Gasteiger partial charge is 0.222 e. The topological polar surface area (TPSA) is 43.8 Å². The van der Waals surface area contributed by atoms with Gasteiger partial charge in [0.2, 0.25) is 5.91 Å². The summed E-state index contributed by atoms with van der Waals surface area (Å²) in [4.78, 5) is 17.0. The van der Waals surface area contributed by atoms with Gasteiger partial charge in [-0.1, -0.05) is 0 Å². The third kappa shape index (κ3) is 1.91. The van der Waals surface area contributed by atoms with E-state index in [1.54, 1.807) is 0 Å². The van der Waals surface area contributed by atoms with Crippen molar-refractivity contribution in [3.05, 3.63) is 0 Å². The van der Waals surface area contributed by atoms with Crippen LogP contribution in [0.4, 0.5) is 0 Å². The molecular formula is C15H24N2O2. The lowest BCUT2D eigenvalue weighted by Crippen LogP contribution is -2.65. The number of amides is 1. The summed E-state index contributed by atoms with van der Waals surface area (Å²) >= 11 is 0. The fraction of sp³-hybridized carbons (Fsp3) is 0.933. The summed E-state index contributed by atoms with van der Waals surface area (Å²) in [6.45, 7) is 3.16. The van der Waals surface area contributed by atoms with Crippen LogP contribution in [0.5, 0.6) is 0 Å². The summed E-state index contributed by atoms with van der Waals surface area (Å²) in [6, 6.07) is 1.04. The second-order valence-corrected chi connectivity index (χ2v) is 7.00. The molecule has 5 atom stereocenters. The molecule has 0 aliphatic carbocycles. The maximum absolute atomic E-state index is 12.1. The van der Waals surface area contributed by atoms with Crippen LogP contribution in [0, 0.1) is 11.8 Å². The Kier molecular flexibility index (Phi) is 2.85. The summed E-state index contributed by atoms with van der Waals surface area (Å²) in [5, 5.41) is 9.92. The number of rotatable bonds is 0. The van der Waals surface area contributed by atoms with Crippen molar-refractivity contribution in [3.8, 4) is 0 Å². The van der Waals surface area contributed by atoms with E-state index < -0.39 is 0 Å². The maximum atomic E-state index is 12.1. The van der Waals surface area contributed by atoms with E-state index in [1.807, 2.05) is 0 Å². The lowest BCUT2D eigenvalue weighted by Gasteiger charge is -2.57. The maximum Gasteiger partial charge on any atom is 0.222 e. The molecule has 0 spiro atoms. The number of nitrogens with zero attached hydrogens (tertiary/aromatic N) is 2. The molecule has 0 aromatic rings. The Balaban J connectivity index is 1.58. The minimum atomic E-state index is -0.118. The Morgan fingerprint density at radius 2 is 1.89 bits per heavy atom. The minimum absolute atomic E-state index is 0.118. The van der Waals surface area contributed by atoms with Crippen LogP contribution in [0.15, 0.2) is 0 Å². The average Bonchev–Trinajstić information content (AvgIpc) is 2.41. The van der Waals surface area contributed by atoms with Gasteiger partial charge in [0.15, 0.2) is 0 Å². The van der Waals surface area contributed by atoms with Crippen LogP contribution < -0.4 is 0 Å². The predicted octanol–water partition coefficient (Wildman–Crippen LogP) is 0.843. The number of carbonyl (C=O) groups excluding carboxylic acids is 1. The lowest BCUT2D eigenvalue weighted by molar-refractivity contribution is -0.150. The highest BCUT2D eigenvalue weighted by atomic mass is 16.3. The highest BCUT2D eigenvalue weighted by Gasteiger charge is 2.48. The fourth-order valence-electron chi connectivity index (χ4n) is 5.07. The molecule has 4 fully saturated rings. The van der Waals surface area contributed by atoms with Crippen molar-refractivity contribution in [1.82, 2.24) is 9.80 Å². The molecule has 1 N–H and O–H groups in total. The van der Waals surface area contributed by atoms with E-state index in [1.165, 1.54) is 12.8 Å². The van der Waals surface area contributed by atoms with Gasteiger partial charge in [0.1, 0.15) is 0 Å². The average molecular weight is 264 g/mol. The first-order valence-electron chi connectivity index (χ1n) is 7.94. The molecule has 0 aromatic heterocycles. The van der Waals surface area contributed by atoms with Crippen LogP contribution in [0.1, 0.15) is 38.5 Å². The summed E-state index contributed by atoms with van der Waals surface area (Å²) in [5.74, 6) is 1.68.